The molecule has 13 nitrogen and oxygen atoms in total. The van der Waals surface area contributed by atoms with Gasteiger partial charge < -0.3 is 18.9 Å². The summed E-state index contributed by atoms with van der Waals surface area (Å²) in [4.78, 5) is 61.4. The van der Waals surface area contributed by atoms with Crippen LogP contribution in [0.15, 0.2) is 121 Å². The van der Waals surface area contributed by atoms with E-state index in [4.69, 9.17) is 18.9 Å². The Labute approximate surface area is 255 Å². The zero-order valence-electron chi connectivity index (χ0n) is 23.7. The van der Waals surface area contributed by atoms with Crippen molar-refractivity contribution in [3.8, 4) is 5.82 Å². The van der Waals surface area contributed by atoms with E-state index in [9.17, 15) is 19.2 Å². The highest BCUT2D eigenvalue weighted by Crippen LogP contribution is 2.44. The molecule has 5 aromatic rings. The number of aromatic nitrogens is 5. The molecule has 0 bridgehead atoms. The van der Waals surface area contributed by atoms with Crippen molar-refractivity contribution < 1.29 is 33.3 Å². The van der Waals surface area contributed by atoms with Crippen LogP contribution in [0.4, 0.5) is 0 Å². The summed E-state index contributed by atoms with van der Waals surface area (Å²) in [5.41, 5.74) is -2.20. The number of rotatable bonds is 8. The molecule has 2 aromatic heterocycles. The van der Waals surface area contributed by atoms with Gasteiger partial charge in [-0.25, -0.2) is 28.8 Å². The molecular formula is C32H25N5O8. The summed E-state index contributed by atoms with van der Waals surface area (Å²) in [5.74, 6) is -2.25. The Hall–Kier alpha value is -5.95. The van der Waals surface area contributed by atoms with E-state index in [0.29, 0.717) is 0 Å². The van der Waals surface area contributed by atoms with E-state index in [1.807, 2.05) is 0 Å². The average Bonchev–Trinajstić information content (AvgIpc) is 3.70. The summed E-state index contributed by atoms with van der Waals surface area (Å²) < 4.78 is 26.1. The molecule has 226 valence electrons. The van der Waals surface area contributed by atoms with Crippen LogP contribution < -0.4 is 5.69 Å². The van der Waals surface area contributed by atoms with Crippen molar-refractivity contribution in [1.82, 2.24) is 24.3 Å². The first-order chi connectivity index (χ1) is 21.8. The Balaban J connectivity index is 1.43. The highest BCUT2D eigenvalue weighted by atomic mass is 16.8. The monoisotopic (exact) mass is 607 g/mol. The minimum absolute atomic E-state index is 0.161. The molecule has 1 aliphatic heterocycles. The van der Waals surface area contributed by atoms with E-state index in [1.54, 1.807) is 54.6 Å². The number of carbonyl (C=O) groups is 3. The van der Waals surface area contributed by atoms with Crippen LogP contribution in [-0.2, 0) is 18.9 Å². The fourth-order valence-electron chi connectivity index (χ4n) is 4.83. The Morgan fingerprint density at radius 1 is 0.778 bits per heavy atom. The normalized spacial score (nSPS) is 20.7. The number of hydrogen-bond acceptors (Lipinski definition) is 11. The van der Waals surface area contributed by atoms with Crippen LogP contribution in [0.25, 0.3) is 5.82 Å². The van der Waals surface area contributed by atoms with Gasteiger partial charge in [0.05, 0.1) is 16.7 Å². The fourth-order valence-corrected chi connectivity index (χ4v) is 4.83. The van der Waals surface area contributed by atoms with Crippen LogP contribution in [0.2, 0.25) is 0 Å². The van der Waals surface area contributed by atoms with E-state index in [-0.39, 0.29) is 22.5 Å². The second-order valence-corrected chi connectivity index (χ2v) is 10.1. The maximum Gasteiger partial charge on any atom is 0.351 e. The molecular weight excluding hydrogens is 582 g/mol. The van der Waals surface area contributed by atoms with Gasteiger partial charge in [0.1, 0.15) is 12.7 Å². The van der Waals surface area contributed by atoms with E-state index in [0.717, 1.165) is 4.57 Å². The molecule has 1 saturated heterocycles. The lowest BCUT2D eigenvalue weighted by molar-refractivity contribution is -0.150. The van der Waals surface area contributed by atoms with Crippen LogP contribution in [0.3, 0.4) is 0 Å². The first-order valence-electron chi connectivity index (χ1n) is 13.7. The van der Waals surface area contributed by atoms with Crippen molar-refractivity contribution >= 4 is 17.9 Å². The van der Waals surface area contributed by atoms with E-state index in [1.165, 1.54) is 72.9 Å². The third kappa shape index (κ3) is 5.96. The third-order valence-corrected chi connectivity index (χ3v) is 7.09. The molecule has 3 heterocycles. The Bertz CT molecular complexity index is 1870. The average molecular weight is 608 g/mol. The van der Waals surface area contributed by atoms with Crippen molar-refractivity contribution in [3.05, 3.63) is 143 Å². The summed E-state index contributed by atoms with van der Waals surface area (Å²) in [7, 11) is 0. The van der Waals surface area contributed by atoms with Crippen molar-refractivity contribution in [2.75, 3.05) is 0 Å². The first kappa shape index (κ1) is 29.1. The predicted octanol–water partition coefficient (Wildman–Crippen LogP) is 3.38. The molecule has 1 aliphatic rings. The summed E-state index contributed by atoms with van der Waals surface area (Å²) in [6, 6.07) is 25.7. The molecule has 0 amide bonds. The SMILES string of the molecule is C[C@]1(OC(=O)c2ccccc2)C(n2ccc(-n3cncn3)nc2=O)O[C@H](OC(=O)c2ccccc2)[C@H]1OC(=O)c1ccccc1. The van der Waals surface area contributed by atoms with Crippen LogP contribution in [0, 0.1) is 0 Å². The molecule has 13 heteroatoms. The summed E-state index contributed by atoms with van der Waals surface area (Å²) in [5, 5.41) is 3.98. The van der Waals surface area contributed by atoms with Gasteiger partial charge in [0.15, 0.2) is 17.6 Å². The summed E-state index contributed by atoms with van der Waals surface area (Å²) >= 11 is 0. The minimum Gasteiger partial charge on any atom is -0.448 e. The lowest BCUT2D eigenvalue weighted by Crippen LogP contribution is -2.51. The molecule has 0 aliphatic carbocycles. The molecule has 3 aromatic carbocycles. The van der Waals surface area contributed by atoms with Gasteiger partial charge in [-0.05, 0) is 49.4 Å². The van der Waals surface area contributed by atoms with Crippen molar-refractivity contribution in [2.24, 2.45) is 0 Å². The van der Waals surface area contributed by atoms with Gasteiger partial charge in [-0.2, -0.15) is 10.1 Å². The number of nitrogens with zero attached hydrogens (tertiary/aromatic N) is 5. The molecule has 1 unspecified atom stereocenters. The standard InChI is InChI=1S/C32H25N5O8/c1-32(45-28(40)23-15-9-4-10-16-23)25(42-26(38)21-11-5-2-6-12-21)29(43-27(39)22-13-7-3-8-14-22)44-30(32)36-18-17-24(35-31(36)41)37-20-33-19-34-37/h2-20,25,29-30H,1H3/t25-,29+,30?,32-/m1/s1. The lowest BCUT2D eigenvalue weighted by atomic mass is 9.97. The molecule has 0 N–H and O–H groups in total. The molecule has 1 fully saturated rings. The van der Waals surface area contributed by atoms with Gasteiger partial charge in [-0.15, -0.1) is 0 Å². The Kier molecular flexibility index (Phi) is 7.99. The predicted molar refractivity (Wildman–Crippen MR) is 155 cm³/mol. The number of carbonyl (C=O) groups excluding carboxylic acids is 3. The Morgan fingerprint density at radius 2 is 1.33 bits per heavy atom. The number of benzene rings is 3. The topological polar surface area (TPSA) is 154 Å². The van der Waals surface area contributed by atoms with Gasteiger partial charge >= 0.3 is 23.6 Å². The largest absolute Gasteiger partial charge is 0.448 e. The molecule has 0 spiro atoms. The van der Waals surface area contributed by atoms with Crippen molar-refractivity contribution in [1.29, 1.82) is 0 Å². The fraction of sp³-hybridized carbons (Fsp3) is 0.156. The van der Waals surface area contributed by atoms with Crippen molar-refractivity contribution in [3.63, 3.8) is 0 Å². The number of esters is 3. The minimum atomic E-state index is -1.93. The second kappa shape index (κ2) is 12.3. The lowest BCUT2D eigenvalue weighted by Gasteiger charge is -2.34. The zero-order valence-corrected chi connectivity index (χ0v) is 23.7. The highest BCUT2D eigenvalue weighted by molar-refractivity contribution is 5.91. The van der Waals surface area contributed by atoms with Crippen LogP contribution >= 0.6 is 0 Å². The van der Waals surface area contributed by atoms with Gasteiger partial charge in [0.2, 0.25) is 12.4 Å². The molecule has 0 radical (unpaired) electrons. The van der Waals surface area contributed by atoms with Crippen LogP contribution in [0.1, 0.15) is 44.2 Å². The maximum absolute atomic E-state index is 13.5. The highest BCUT2D eigenvalue weighted by Gasteiger charge is 2.62. The molecule has 45 heavy (non-hydrogen) atoms. The molecule has 6 rings (SSSR count). The number of ether oxygens (including phenoxy) is 4. The maximum atomic E-state index is 13.5. The Morgan fingerprint density at radius 3 is 1.87 bits per heavy atom. The summed E-state index contributed by atoms with van der Waals surface area (Å²) in [6.07, 6.45) is -0.643. The third-order valence-electron chi connectivity index (χ3n) is 7.09. The van der Waals surface area contributed by atoms with E-state index >= 15 is 0 Å². The zero-order chi connectivity index (χ0) is 31.4. The quantitative estimate of drug-likeness (QED) is 0.188. The van der Waals surface area contributed by atoms with E-state index < -0.39 is 47.8 Å². The van der Waals surface area contributed by atoms with Gasteiger partial charge in [-0.1, -0.05) is 54.6 Å². The van der Waals surface area contributed by atoms with Gasteiger partial charge in [0, 0.05) is 6.20 Å². The first-order valence-corrected chi connectivity index (χ1v) is 13.7. The van der Waals surface area contributed by atoms with E-state index in [2.05, 4.69) is 15.1 Å². The van der Waals surface area contributed by atoms with Crippen LogP contribution in [0.5, 0.6) is 0 Å². The molecule has 4 atom stereocenters. The smallest absolute Gasteiger partial charge is 0.351 e. The van der Waals surface area contributed by atoms with Gasteiger partial charge in [0.25, 0.3) is 0 Å². The molecule has 0 saturated carbocycles. The number of hydrogen-bond donors (Lipinski definition) is 0. The second-order valence-electron chi connectivity index (χ2n) is 10.1. The van der Waals surface area contributed by atoms with Crippen molar-refractivity contribution in [2.45, 2.75) is 31.1 Å². The van der Waals surface area contributed by atoms with Crippen LogP contribution in [-0.4, -0.2) is 60.2 Å². The summed E-state index contributed by atoms with van der Waals surface area (Å²) in [6.45, 7) is 1.43. The van der Waals surface area contributed by atoms with Gasteiger partial charge in [-0.3, -0.25) is 4.57 Å².